The molecule has 0 spiro atoms. The number of nitro groups is 2. The van der Waals surface area contributed by atoms with Crippen LogP contribution < -0.4 is 20.1 Å². The number of hydrogen-bond donors (Lipinski definition) is 4. The van der Waals surface area contributed by atoms with Crippen molar-refractivity contribution in [3.05, 3.63) is 131 Å². The maximum atomic E-state index is 13.1. The SMILES string of the molecule is CCOP(=O)(CCCCCCCCCCCOC(=O)NCCOCCOCCOCCCCCCCCCCCS)Oc1ccc([N+](=O)[O-])cc1.CCOP(=O)(CCCCCCCO)OCC.CCOP(=O)(CCCCCCCOC(=O)n1ccnc1)OCC.CCOP(=O)(CCCCCCCOC(=O)n1ccnc1)Oc1ccc([N+](=O)[O-])cc1.[NH3+]CCOCCOCCOCCCSSc1ccccn1. The zero-order valence-electron chi connectivity index (χ0n) is 84.9. The number of aromatic nitrogens is 5. The molecule has 141 heavy (non-hydrogen) atoms. The van der Waals surface area contributed by atoms with Crippen molar-refractivity contribution < 1.29 is 132 Å². The van der Waals surface area contributed by atoms with Crippen LogP contribution >= 0.6 is 64.6 Å². The van der Waals surface area contributed by atoms with Crippen molar-refractivity contribution >= 4 is 94.3 Å². The van der Waals surface area contributed by atoms with Gasteiger partial charge in [0.25, 0.3) is 11.4 Å². The number of hydrogen-bond acceptors (Lipinski definition) is 35. The largest absolute Gasteiger partial charge is 0.450 e. The first-order chi connectivity index (χ1) is 68.6. The Kier molecular flexibility index (Phi) is 88.5. The number of aliphatic hydroxyl groups excluding tert-OH is 1. The van der Waals surface area contributed by atoms with Crippen LogP contribution in [0.1, 0.15) is 260 Å². The minimum atomic E-state index is -3.33. The van der Waals surface area contributed by atoms with Crippen molar-refractivity contribution in [3.8, 4) is 11.5 Å². The van der Waals surface area contributed by atoms with Gasteiger partial charge in [-0.2, -0.15) is 12.6 Å². The highest BCUT2D eigenvalue weighted by Crippen LogP contribution is 2.52. The predicted octanol–water partition coefficient (Wildman–Crippen LogP) is 23.7. The van der Waals surface area contributed by atoms with Crippen LogP contribution in [0.4, 0.5) is 25.8 Å². The fraction of sp³-hybridized carbons (Fsp3) is 0.729. The number of pyridine rings is 1. The Morgan fingerprint density at radius 3 is 1.07 bits per heavy atom. The molecule has 2 unspecified atom stereocenters. The van der Waals surface area contributed by atoms with Gasteiger partial charge in [-0.1, -0.05) is 165 Å². The van der Waals surface area contributed by atoms with Gasteiger partial charge in [0.2, 0.25) is 0 Å². The smallest absolute Gasteiger partial charge is 0.419 e. The quantitative estimate of drug-likeness (QED) is 0.00534. The second-order valence-electron chi connectivity index (χ2n) is 31.8. The Morgan fingerprint density at radius 1 is 0.397 bits per heavy atom. The number of nitro benzene ring substituents is 2. The molecule has 38 nitrogen and oxygen atoms in total. The van der Waals surface area contributed by atoms with Crippen LogP contribution in [0.2, 0.25) is 0 Å². The summed E-state index contributed by atoms with van der Waals surface area (Å²) in [4.78, 5) is 67.3. The van der Waals surface area contributed by atoms with Gasteiger partial charge in [-0.05, 0) is 165 Å². The van der Waals surface area contributed by atoms with Crippen LogP contribution in [0.25, 0.3) is 0 Å². The molecule has 0 aliphatic rings. The third-order valence-electron chi connectivity index (χ3n) is 20.0. The molecule has 0 aliphatic heterocycles. The number of thiol groups is 1. The zero-order chi connectivity index (χ0) is 103. The first-order valence-corrected chi connectivity index (χ1v) is 60.4. The number of non-ortho nitro benzene ring substituents is 2. The number of quaternary nitrogens is 1. The molecule has 0 bridgehead atoms. The molecule has 810 valence electrons. The minimum Gasteiger partial charge on any atom is -0.450 e. The molecule has 45 heteroatoms. The average Bonchev–Trinajstić information content (AvgIpc) is 1.73. The van der Waals surface area contributed by atoms with Crippen molar-refractivity contribution in [2.24, 2.45) is 0 Å². The Hall–Kier alpha value is -5.97. The highest BCUT2D eigenvalue weighted by molar-refractivity contribution is 8.76. The fourth-order valence-electron chi connectivity index (χ4n) is 12.9. The minimum absolute atomic E-state index is 0.0508. The summed E-state index contributed by atoms with van der Waals surface area (Å²) < 4.78 is 144. The van der Waals surface area contributed by atoms with Crippen LogP contribution in [-0.4, -0.2) is 252 Å². The van der Waals surface area contributed by atoms with E-state index in [-0.39, 0.29) is 43.1 Å². The highest BCUT2D eigenvalue weighted by Gasteiger charge is 2.28. The maximum Gasteiger partial charge on any atom is 0.419 e. The predicted molar refractivity (Wildman–Crippen MR) is 558 cm³/mol. The van der Waals surface area contributed by atoms with Gasteiger partial charge < -0.3 is 95.0 Å². The number of imidazole rings is 2. The van der Waals surface area contributed by atoms with Crippen LogP contribution in [0, 0.1) is 20.2 Å². The lowest BCUT2D eigenvalue weighted by Crippen LogP contribution is -2.52. The van der Waals surface area contributed by atoms with Gasteiger partial charge in [-0.3, -0.25) is 29.4 Å². The Balaban J connectivity index is 0.000000942. The van der Waals surface area contributed by atoms with Gasteiger partial charge in [0, 0.05) is 87.4 Å². The lowest BCUT2D eigenvalue weighted by molar-refractivity contribution is -0.385. The number of rotatable bonds is 87. The van der Waals surface area contributed by atoms with Crippen LogP contribution in [0.3, 0.4) is 0 Å². The van der Waals surface area contributed by atoms with E-state index in [1.54, 1.807) is 30.8 Å². The van der Waals surface area contributed by atoms with Crippen molar-refractivity contribution in [1.82, 2.24) is 29.4 Å². The van der Waals surface area contributed by atoms with Crippen LogP contribution in [-0.2, 0) is 88.0 Å². The van der Waals surface area contributed by atoms with Crippen molar-refractivity contribution in [1.29, 1.82) is 0 Å². The molecule has 5 rings (SSSR count). The summed E-state index contributed by atoms with van der Waals surface area (Å²) in [5.41, 5.74) is 3.58. The molecular formula is C96H170N9O29P4S3+. The number of nitrogens with one attached hydrogen (secondary N) is 1. The number of carbonyl (C=O) groups is 3. The molecule has 2 atom stereocenters. The molecule has 2 aromatic carbocycles. The van der Waals surface area contributed by atoms with E-state index >= 15 is 0 Å². The van der Waals surface area contributed by atoms with Crippen LogP contribution in [0.15, 0.2) is 115 Å². The highest BCUT2D eigenvalue weighted by atomic mass is 33.1. The van der Waals surface area contributed by atoms with Crippen molar-refractivity contribution in [2.75, 3.05) is 195 Å². The summed E-state index contributed by atoms with van der Waals surface area (Å²) in [6.45, 7) is 22.9. The summed E-state index contributed by atoms with van der Waals surface area (Å²) in [7, 11) is -8.85. The zero-order valence-corrected chi connectivity index (χ0v) is 91.0. The van der Waals surface area contributed by atoms with E-state index in [2.05, 4.69) is 38.6 Å². The lowest BCUT2D eigenvalue weighted by Gasteiger charge is -2.18. The normalized spacial score (nSPS) is 12.1. The number of aliphatic hydroxyl groups is 1. The summed E-state index contributed by atoms with van der Waals surface area (Å²) in [5.74, 6) is 2.64. The third kappa shape index (κ3) is 78.9. The number of nitrogens with zero attached hydrogens (tertiary/aromatic N) is 7. The summed E-state index contributed by atoms with van der Waals surface area (Å²) in [6, 6.07) is 16.9. The number of ether oxygens (including phenoxy) is 9. The first-order valence-electron chi connectivity index (χ1n) is 50.6. The number of alkyl carbamates (subject to hydrolysis) is 1. The van der Waals surface area contributed by atoms with Gasteiger partial charge in [0.15, 0.2) is 0 Å². The Labute approximate surface area is 852 Å². The van der Waals surface area contributed by atoms with E-state index in [1.165, 1.54) is 140 Å². The summed E-state index contributed by atoms with van der Waals surface area (Å²) in [5, 5.41) is 33.9. The molecule has 0 fully saturated rings. The summed E-state index contributed by atoms with van der Waals surface area (Å²) >= 11 is 4.25. The van der Waals surface area contributed by atoms with Crippen LogP contribution in [0.5, 0.6) is 11.5 Å². The fourth-order valence-corrected chi connectivity index (χ4v) is 22.0. The van der Waals surface area contributed by atoms with E-state index < -0.39 is 58.5 Å². The van der Waals surface area contributed by atoms with Crippen molar-refractivity contribution in [2.45, 2.75) is 265 Å². The monoisotopic (exact) mass is 2130 g/mol. The van der Waals surface area contributed by atoms with E-state index in [9.17, 15) is 52.9 Å². The number of carbonyl (C=O) groups excluding carboxylic acids is 3. The molecule has 5 N–H and O–H groups in total. The van der Waals surface area contributed by atoms with E-state index in [1.807, 2.05) is 62.9 Å². The van der Waals surface area contributed by atoms with Crippen molar-refractivity contribution in [3.63, 3.8) is 0 Å². The molecule has 3 aromatic heterocycles. The number of benzene rings is 2. The Morgan fingerprint density at radius 2 is 0.723 bits per heavy atom. The van der Waals surface area contributed by atoms with E-state index in [0.717, 1.165) is 197 Å². The molecule has 0 saturated heterocycles. The summed E-state index contributed by atoms with van der Waals surface area (Å²) in [6.07, 6.45) is 45.9. The molecule has 0 radical (unpaired) electrons. The lowest BCUT2D eigenvalue weighted by atomic mass is 10.1. The number of unbranched alkanes of at least 4 members (excludes halogenated alkanes) is 28. The average molecular weight is 2130 g/mol. The van der Waals surface area contributed by atoms with Gasteiger partial charge in [0.1, 0.15) is 29.2 Å². The van der Waals surface area contributed by atoms with Gasteiger partial charge >= 0.3 is 48.7 Å². The number of amides is 1. The molecule has 1 amide bonds. The standard InChI is InChI=1S/C37H67N2O10PS.C19H26N3O7P.C15H27N2O5P.C14H24N2O3S2.C11H25O4P/c1-2-48-50(43,49-36-23-21-35(22-24-36)39(41)42)33-19-15-11-7-3-6-10-14-18-27-47-37(40)38-25-28-45-30-32-46-31-29-44-26-17-13-9-5-4-8-12-16-20-34-51;1-2-28-30(26,29-18-10-8-17(9-11-18)22(24)25)15-7-5-3-4-6-14-27-19(23)21-13-12-20-16-21;1-3-21-23(19,22-4-2)13-9-7-5-6-8-12-20-15(18)17-11-10-16-14-17;15-5-8-18-10-12-19-11-9-17-7-3-13-20-21-14-4-1-2-6-16-14;1-3-14-16(13,15-4-2)11-9-7-5-6-8-10-12/h21-24,51H,2-20,25-34H2,1H3,(H,38,40);8-13,16H,2-7,14-15H2,1H3;10-11,14H,3-9,12-13H2,1-2H3;1-2,4,6H,3,5,7-13,15H2;12H,3-11H2,1-2H3/p+1. The first kappa shape index (κ1) is 133. The molecule has 0 saturated carbocycles. The topological polar surface area (TPSA) is 471 Å². The Bertz CT molecular complexity index is 3940. The molecule has 0 aliphatic carbocycles. The molecular weight excluding hydrogens is 1960 g/mol. The molecule has 5 aromatic rings. The van der Waals surface area contributed by atoms with E-state index in [4.69, 9.17) is 83.9 Å². The second-order valence-corrected chi connectivity index (χ2v) is 43.3. The maximum absolute atomic E-state index is 13.1. The van der Waals surface area contributed by atoms with Gasteiger partial charge in [0.05, 0.1) is 167 Å². The van der Waals surface area contributed by atoms with E-state index in [0.29, 0.717) is 150 Å². The van der Waals surface area contributed by atoms with Gasteiger partial charge in [-0.25, -0.2) is 47.6 Å². The van der Waals surface area contributed by atoms with Gasteiger partial charge in [-0.15, -0.1) is 0 Å². The third-order valence-corrected chi connectivity index (χ3v) is 31.0. The second kappa shape index (κ2) is 93.8. The molecule has 3 heterocycles.